The predicted molar refractivity (Wildman–Crippen MR) is 115 cm³/mol. The molecular formula is C25H23NO5. The number of rotatable bonds is 6. The van der Waals surface area contributed by atoms with E-state index in [2.05, 4.69) is 0 Å². The summed E-state index contributed by atoms with van der Waals surface area (Å²) in [7, 11) is 3.17. The number of benzene rings is 3. The van der Waals surface area contributed by atoms with E-state index in [-0.39, 0.29) is 12.5 Å². The Labute approximate surface area is 180 Å². The molecular weight excluding hydrogens is 394 g/mol. The van der Waals surface area contributed by atoms with Gasteiger partial charge in [-0.25, -0.2) is 0 Å². The van der Waals surface area contributed by atoms with Gasteiger partial charge in [0.25, 0.3) is 5.91 Å². The summed E-state index contributed by atoms with van der Waals surface area (Å²) in [5, 5.41) is 10.2. The van der Waals surface area contributed by atoms with Crippen molar-refractivity contribution in [3.05, 3.63) is 95.1 Å². The second-order valence-corrected chi connectivity index (χ2v) is 7.40. The number of hydrogen-bond acceptors (Lipinski definition) is 4. The summed E-state index contributed by atoms with van der Waals surface area (Å²) in [6, 6.07) is 20.9. The molecule has 3 aromatic rings. The summed E-state index contributed by atoms with van der Waals surface area (Å²) in [6.45, 7) is 0.275. The fraction of sp³-hybridized carbons (Fsp3) is 0.200. The van der Waals surface area contributed by atoms with Gasteiger partial charge in [0.15, 0.2) is 0 Å². The van der Waals surface area contributed by atoms with Crippen LogP contribution in [0.5, 0.6) is 11.5 Å². The van der Waals surface area contributed by atoms with E-state index in [0.717, 1.165) is 11.1 Å². The zero-order chi connectivity index (χ0) is 22.0. The molecule has 0 aliphatic carbocycles. The minimum absolute atomic E-state index is 0.190. The van der Waals surface area contributed by atoms with E-state index in [4.69, 9.17) is 9.47 Å². The van der Waals surface area contributed by atoms with Crippen molar-refractivity contribution in [3.8, 4) is 11.5 Å². The molecule has 0 bridgehead atoms. The van der Waals surface area contributed by atoms with E-state index in [1.165, 1.54) is 0 Å². The molecule has 0 fully saturated rings. The molecule has 0 saturated carbocycles. The third-order valence-electron chi connectivity index (χ3n) is 5.67. The Morgan fingerprint density at radius 3 is 2.06 bits per heavy atom. The van der Waals surface area contributed by atoms with E-state index < -0.39 is 17.9 Å². The van der Waals surface area contributed by atoms with Gasteiger partial charge in [0.05, 0.1) is 20.3 Å². The lowest BCUT2D eigenvalue weighted by atomic mass is 9.79. The smallest absolute Gasteiger partial charge is 0.313 e. The maximum atomic E-state index is 13.5. The van der Waals surface area contributed by atoms with Crippen molar-refractivity contribution in [2.45, 2.75) is 18.5 Å². The van der Waals surface area contributed by atoms with Crippen molar-refractivity contribution in [1.82, 2.24) is 4.90 Å². The molecule has 1 aliphatic heterocycles. The van der Waals surface area contributed by atoms with Crippen LogP contribution in [0, 0.1) is 0 Å². The van der Waals surface area contributed by atoms with Crippen LogP contribution < -0.4 is 9.47 Å². The number of carboxylic acid groups (broad SMARTS) is 1. The van der Waals surface area contributed by atoms with Gasteiger partial charge in [-0.3, -0.25) is 9.59 Å². The molecule has 2 atom stereocenters. The van der Waals surface area contributed by atoms with Gasteiger partial charge in [0, 0.05) is 12.1 Å². The van der Waals surface area contributed by atoms with Crippen LogP contribution in [0.3, 0.4) is 0 Å². The number of nitrogens with zero attached hydrogens (tertiary/aromatic N) is 1. The Morgan fingerprint density at radius 2 is 1.48 bits per heavy atom. The molecule has 0 saturated heterocycles. The number of carbonyl (C=O) groups is 2. The first-order valence-corrected chi connectivity index (χ1v) is 9.93. The SMILES string of the molecule is COc1ccc(CN2C(=O)c3ccccc3[C@@H](C(=O)O)[C@@H]2c2ccc(OC)cc2)cc1. The Hall–Kier alpha value is -3.80. The lowest BCUT2D eigenvalue weighted by molar-refractivity contribution is -0.140. The lowest BCUT2D eigenvalue weighted by Gasteiger charge is -2.41. The fourth-order valence-electron chi connectivity index (χ4n) is 4.13. The van der Waals surface area contributed by atoms with E-state index in [1.54, 1.807) is 55.5 Å². The third-order valence-corrected chi connectivity index (χ3v) is 5.67. The number of carboxylic acids is 1. The number of aliphatic carboxylic acids is 1. The Morgan fingerprint density at radius 1 is 0.903 bits per heavy atom. The van der Waals surface area contributed by atoms with Gasteiger partial charge in [-0.2, -0.15) is 0 Å². The molecule has 1 aliphatic rings. The first-order valence-electron chi connectivity index (χ1n) is 9.93. The average molecular weight is 417 g/mol. The van der Waals surface area contributed by atoms with Gasteiger partial charge in [-0.15, -0.1) is 0 Å². The predicted octanol–water partition coefficient (Wildman–Crippen LogP) is 4.27. The van der Waals surface area contributed by atoms with Crippen molar-refractivity contribution in [1.29, 1.82) is 0 Å². The van der Waals surface area contributed by atoms with Gasteiger partial charge in [-0.1, -0.05) is 42.5 Å². The van der Waals surface area contributed by atoms with E-state index in [1.807, 2.05) is 36.4 Å². The summed E-state index contributed by atoms with van der Waals surface area (Å²) in [4.78, 5) is 27.6. The third kappa shape index (κ3) is 3.84. The molecule has 31 heavy (non-hydrogen) atoms. The molecule has 6 heteroatoms. The normalized spacial score (nSPS) is 17.7. The number of methoxy groups -OCH3 is 2. The van der Waals surface area contributed by atoms with Crippen LogP contribution in [0.2, 0.25) is 0 Å². The molecule has 0 unspecified atom stereocenters. The number of hydrogen-bond donors (Lipinski definition) is 1. The molecule has 0 aromatic heterocycles. The minimum atomic E-state index is -0.972. The molecule has 1 N–H and O–H groups in total. The number of amides is 1. The van der Waals surface area contributed by atoms with Crippen molar-refractivity contribution in [2.24, 2.45) is 0 Å². The molecule has 0 spiro atoms. The minimum Gasteiger partial charge on any atom is -0.497 e. The summed E-state index contributed by atoms with van der Waals surface area (Å²) in [5.41, 5.74) is 2.58. The van der Waals surface area contributed by atoms with Gasteiger partial charge < -0.3 is 19.5 Å². The van der Waals surface area contributed by atoms with Crippen LogP contribution in [0.15, 0.2) is 72.8 Å². The molecule has 6 nitrogen and oxygen atoms in total. The Kier molecular flexibility index (Phi) is 5.62. The second kappa shape index (κ2) is 8.52. The van der Waals surface area contributed by atoms with Crippen LogP contribution in [-0.4, -0.2) is 36.1 Å². The Balaban J connectivity index is 1.83. The van der Waals surface area contributed by atoms with E-state index in [0.29, 0.717) is 22.6 Å². The summed E-state index contributed by atoms with van der Waals surface area (Å²) in [6.07, 6.45) is 0. The highest BCUT2D eigenvalue weighted by molar-refractivity contribution is 6.00. The lowest BCUT2D eigenvalue weighted by Crippen LogP contribution is -2.44. The molecule has 4 rings (SSSR count). The van der Waals surface area contributed by atoms with E-state index in [9.17, 15) is 14.7 Å². The number of fused-ring (bicyclic) bond motifs is 1. The highest BCUT2D eigenvalue weighted by atomic mass is 16.5. The fourth-order valence-corrected chi connectivity index (χ4v) is 4.13. The summed E-state index contributed by atoms with van der Waals surface area (Å²) < 4.78 is 10.5. The quantitative estimate of drug-likeness (QED) is 0.648. The van der Waals surface area contributed by atoms with Crippen molar-refractivity contribution >= 4 is 11.9 Å². The number of ether oxygens (including phenoxy) is 2. The maximum absolute atomic E-state index is 13.5. The van der Waals surface area contributed by atoms with Crippen LogP contribution in [0.4, 0.5) is 0 Å². The van der Waals surface area contributed by atoms with E-state index >= 15 is 0 Å². The standard InChI is InChI=1S/C25H23NO5/c1-30-18-11-7-16(8-12-18)15-26-23(17-9-13-19(31-2)14-10-17)22(25(28)29)20-5-3-4-6-21(20)24(26)27/h3-14,22-23H,15H2,1-2H3,(H,28,29)/t22-,23+/m1/s1. The topological polar surface area (TPSA) is 76.1 Å². The summed E-state index contributed by atoms with van der Waals surface area (Å²) >= 11 is 0. The molecule has 0 radical (unpaired) electrons. The largest absolute Gasteiger partial charge is 0.497 e. The average Bonchev–Trinajstić information content (AvgIpc) is 2.81. The first-order chi connectivity index (χ1) is 15.0. The molecule has 158 valence electrons. The zero-order valence-electron chi connectivity index (χ0n) is 17.3. The zero-order valence-corrected chi connectivity index (χ0v) is 17.3. The van der Waals surface area contributed by atoms with Crippen molar-refractivity contribution < 1.29 is 24.2 Å². The molecule has 1 amide bonds. The monoisotopic (exact) mass is 417 g/mol. The van der Waals surface area contributed by atoms with Gasteiger partial charge in [-0.05, 0) is 47.0 Å². The highest BCUT2D eigenvalue weighted by Gasteiger charge is 2.44. The molecule has 1 heterocycles. The van der Waals surface area contributed by atoms with Crippen LogP contribution >= 0.6 is 0 Å². The van der Waals surface area contributed by atoms with Crippen molar-refractivity contribution in [2.75, 3.05) is 14.2 Å². The van der Waals surface area contributed by atoms with Crippen molar-refractivity contribution in [3.63, 3.8) is 0 Å². The van der Waals surface area contributed by atoms with Gasteiger partial charge in [0.1, 0.15) is 17.4 Å². The second-order valence-electron chi connectivity index (χ2n) is 7.40. The first kappa shape index (κ1) is 20.5. The van der Waals surface area contributed by atoms with Gasteiger partial charge >= 0.3 is 5.97 Å². The highest BCUT2D eigenvalue weighted by Crippen LogP contribution is 2.43. The molecule has 3 aromatic carbocycles. The Bertz CT molecular complexity index is 1090. The summed E-state index contributed by atoms with van der Waals surface area (Å²) in [5.74, 6) is -0.667. The maximum Gasteiger partial charge on any atom is 0.313 e. The number of carbonyl (C=O) groups excluding carboxylic acids is 1. The van der Waals surface area contributed by atoms with Crippen LogP contribution in [0.25, 0.3) is 0 Å². The van der Waals surface area contributed by atoms with Crippen LogP contribution in [0.1, 0.15) is 39.0 Å². The van der Waals surface area contributed by atoms with Crippen LogP contribution in [-0.2, 0) is 11.3 Å². The van der Waals surface area contributed by atoms with Gasteiger partial charge in [0.2, 0.25) is 0 Å².